The fourth-order valence-corrected chi connectivity index (χ4v) is 6.17. The second-order valence-corrected chi connectivity index (χ2v) is 10.7. The van der Waals surface area contributed by atoms with Gasteiger partial charge < -0.3 is 14.4 Å². The molecule has 3 aromatic carbocycles. The Balaban J connectivity index is 1.29. The summed E-state index contributed by atoms with van der Waals surface area (Å²) in [6.07, 6.45) is 4.16. The molecule has 0 spiro atoms. The molecule has 206 valence electrons. The van der Waals surface area contributed by atoms with Crippen LogP contribution in [0.3, 0.4) is 0 Å². The predicted molar refractivity (Wildman–Crippen MR) is 157 cm³/mol. The van der Waals surface area contributed by atoms with E-state index in [1.165, 1.54) is 0 Å². The van der Waals surface area contributed by atoms with Gasteiger partial charge in [0.25, 0.3) is 5.91 Å². The van der Waals surface area contributed by atoms with Crippen molar-refractivity contribution in [2.45, 2.75) is 25.4 Å². The van der Waals surface area contributed by atoms with Crippen molar-refractivity contribution in [2.24, 2.45) is 0 Å². The molecule has 0 fully saturated rings. The molecule has 6 rings (SSSR count). The summed E-state index contributed by atoms with van der Waals surface area (Å²) in [5, 5.41) is 12.2. The van der Waals surface area contributed by atoms with Crippen LogP contribution < -0.4 is 4.90 Å². The summed E-state index contributed by atoms with van der Waals surface area (Å²) in [5.41, 5.74) is 4.24. The first-order valence-electron chi connectivity index (χ1n) is 12.9. The van der Waals surface area contributed by atoms with Crippen molar-refractivity contribution in [1.29, 1.82) is 0 Å². The maximum atomic E-state index is 13.3. The maximum absolute atomic E-state index is 13.3. The number of rotatable bonds is 7. The summed E-state index contributed by atoms with van der Waals surface area (Å²) in [7, 11) is 0. The average molecular weight is 588 g/mol. The van der Waals surface area contributed by atoms with Crippen LogP contribution in [0.5, 0.6) is 0 Å². The van der Waals surface area contributed by atoms with Crippen molar-refractivity contribution < 1.29 is 23.9 Å². The second kappa shape index (κ2) is 10.9. The van der Waals surface area contributed by atoms with Gasteiger partial charge in [0.1, 0.15) is 11.6 Å². The first-order valence-corrected chi connectivity index (χ1v) is 13.7. The number of amides is 2. The number of carboxylic acids is 1. The first-order chi connectivity index (χ1) is 19.8. The summed E-state index contributed by atoms with van der Waals surface area (Å²) >= 11 is 13.5. The van der Waals surface area contributed by atoms with Crippen LogP contribution in [-0.2, 0) is 29.0 Å². The molecule has 1 unspecified atom stereocenters. The molecule has 41 heavy (non-hydrogen) atoms. The third kappa shape index (κ3) is 5.01. The monoisotopic (exact) mass is 587 g/mol. The summed E-state index contributed by atoms with van der Waals surface area (Å²) in [6.45, 7) is 0.649. The number of pyridine rings is 1. The Labute approximate surface area is 244 Å². The molecular formula is C31H23Cl2N3O5. The van der Waals surface area contributed by atoms with Crippen LogP contribution >= 0.6 is 23.2 Å². The normalized spacial score (nSPS) is 13.7. The van der Waals surface area contributed by atoms with Crippen LogP contribution in [0.15, 0.2) is 77.5 Å². The molecule has 0 saturated heterocycles. The Hall–Kier alpha value is -4.40. The number of anilines is 1. The molecule has 8 nitrogen and oxygen atoms in total. The van der Waals surface area contributed by atoms with Crippen LogP contribution in [-0.4, -0.2) is 45.9 Å². The number of fused-ring (bicyclic) bond motifs is 3. The smallest absolute Gasteiger partial charge is 0.327 e. The topological polar surface area (TPSA) is 104 Å². The molecule has 0 radical (unpaired) electrons. The molecule has 5 aromatic rings. The van der Waals surface area contributed by atoms with Gasteiger partial charge in [0.15, 0.2) is 0 Å². The molecule has 1 aliphatic rings. The van der Waals surface area contributed by atoms with Crippen molar-refractivity contribution in [3.8, 4) is 0 Å². The summed E-state index contributed by atoms with van der Waals surface area (Å²) in [5.74, 6) is -1.35. The Morgan fingerprint density at radius 2 is 1.95 bits per heavy atom. The minimum absolute atomic E-state index is 0.0327. The SMILES string of the molecule is O=CN(c1c(Cl)cc2c(c1Cl)CCN(C(=O)c1ccc3ccoc3c1)C2)C(Cc1ccc2ncccc2c1)C(=O)O. The molecule has 10 heteroatoms. The van der Waals surface area contributed by atoms with Crippen molar-refractivity contribution in [3.63, 3.8) is 0 Å². The number of furan rings is 1. The molecule has 1 aliphatic heterocycles. The Morgan fingerprint density at radius 3 is 2.76 bits per heavy atom. The summed E-state index contributed by atoms with van der Waals surface area (Å²) in [4.78, 5) is 45.1. The summed E-state index contributed by atoms with van der Waals surface area (Å²) in [6, 6.07) is 16.7. The lowest BCUT2D eigenvalue weighted by Crippen LogP contribution is -2.43. The number of aromatic nitrogens is 1. The Morgan fingerprint density at radius 1 is 1.10 bits per heavy atom. The van der Waals surface area contributed by atoms with Crippen molar-refractivity contribution in [3.05, 3.63) is 105 Å². The van der Waals surface area contributed by atoms with Crippen molar-refractivity contribution >= 4 is 69.0 Å². The third-order valence-electron chi connectivity index (χ3n) is 7.46. The second-order valence-electron chi connectivity index (χ2n) is 9.91. The van der Waals surface area contributed by atoms with Gasteiger partial charge in [-0.05, 0) is 65.6 Å². The number of benzene rings is 3. The van der Waals surface area contributed by atoms with E-state index < -0.39 is 12.0 Å². The van der Waals surface area contributed by atoms with E-state index in [1.54, 1.807) is 47.7 Å². The lowest BCUT2D eigenvalue weighted by Gasteiger charge is -2.33. The van der Waals surface area contributed by atoms with E-state index in [0.29, 0.717) is 30.5 Å². The minimum atomic E-state index is -1.26. The Bertz CT molecular complexity index is 1840. The number of carbonyl (C=O) groups is 3. The average Bonchev–Trinajstić information content (AvgIpc) is 3.45. The van der Waals surface area contributed by atoms with E-state index in [1.807, 2.05) is 30.3 Å². The van der Waals surface area contributed by atoms with Gasteiger partial charge in [0, 0.05) is 42.0 Å². The fourth-order valence-electron chi connectivity index (χ4n) is 5.38. The molecule has 3 heterocycles. The molecule has 2 aromatic heterocycles. The van der Waals surface area contributed by atoms with Crippen LogP contribution in [0.1, 0.15) is 27.0 Å². The van der Waals surface area contributed by atoms with Crippen LogP contribution in [0.25, 0.3) is 21.9 Å². The molecule has 0 aliphatic carbocycles. The number of hydrogen-bond donors (Lipinski definition) is 1. The van der Waals surface area contributed by atoms with Gasteiger partial charge in [-0.15, -0.1) is 0 Å². The number of carboxylic acid groups (broad SMARTS) is 1. The lowest BCUT2D eigenvalue weighted by molar-refractivity contribution is -0.139. The number of nitrogens with zero attached hydrogens (tertiary/aromatic N) is 3. The number of carbonyl (C=O) groups excluding carboxylic acids is 2. The summed E-state index contributed by atoms with van der Waals surface area (Å²) < 4.78 is 5.44. The van der Waals surface area contributed by atoms with E-state index in [0.717, 1.165) is 37.9 Å². The largest absolute Gasteiger partial charge is 0.480 e. The first kappa shape index (κ1) is 26.8. The van der Waals surface area contributed by atoms with Crippen LogP contribution in [0.4, 0.5) is 5.69 Å². The minimum Gasteiger partial charge on any atom is -0.480 e. The zero-order valence-corrected chi connectivity index (χ0v) is 23.1. The molecular weight excluding hydrogens is 565 g/mol. The third-order valence-corrected chi connectivity index (χ3v) is 8.16. The van der Waals surface area contributed by atoms with E-state index in [2.05, 4.69) is 4.98 Å². The van der Waals surface area contributed by atoms with Gasteiger partial charge in [0.05, 0.1) is 27.5 Å². The van der Waals surface area contributed by atoms with Crippen LogP contribution in [0.2, 0.25) is 10.0 Å². The number of aliphatic carboxylic acids is 1. The van der Waals surface area contributed by atoms with Crippen molar-refractivity contribution in [1.82, 2.24) is 9.88 Å². The number of hydrogen-bond acceptors (Lipinski definition) is 5. The van der Waals surface area contributed by atoms with E-state index in [9.17, 15) is 19.5 Å². The standard InChI is InChI=1S/C31H23Cl2N3O5/c32-24-14-22-16-35(30(38)21-5-4-19-8-11-41-27(19)15-21)10-7-23(22)28(33)29(24)36(17-37)26(31(39)40)13-18-3-6-25-20(12-18)2-1-9-34-25/h1-6,8-9,11-12,14-15,17,26H,7,10,13,16H2,(H,39,40). The predicted octanol–water partition coefficient (Wildman–Crippen LogP) is 6.15. The molecule has 1 N–H and O–H groups in total. The maximum Gasteiger partial charge on any atom is 0.327 e. The quantitative estimate of drug-likeness (QED) is 0.229. The highest BCUT2D eigenvalue weighted by atomic mass is 35.5. The van der Waals surface area contributed by atoms with Crippen LogP contribution in [0, 0.1) is 0 Å². The Kier molecular flexibility index (Phi) is 7.11. The van der Waals surface area contributed by atoms with Crippen molar-refractivity contribution in [2.75, 3.05) is 11.4 Å². The highest BCUT2D eigenvalue weighted by molar-refractivity contribution is 6.40. The van der Waals surface area contributed by atoms with Gasteiger partial charge in [-0.25, -0.2) is 4.79 Å². The van der Waals surface area contributed by atoms with Gasteiger partial charge in [-0.2, -0.15) is 0 Å². The molecule has 2 amide bonds. The highest BCUT2D eigenvalue weighted by Crippen LogP contribution is 2.41. The molecule has 1 atom stereocenters. The van der Waals surface area contributed by atoms with Gasteiger partial charge >= 0.3 is 5.97 Å². The molecule has 0 bridgehead atoms. The fraction of sp³-hybridized carbons (Fsp3) is 0.161. The van der Waals surface area contributed by atoms with Gasteiger partial charge in [-0.1, -0.05) is 41.4 Å². The lowest BCUT2D eigenvalue weighted by atomic mass is 9.96. The van der Waals surface area contributed by atoms with E-state index in [-0.39, 0.29) is 34.6 Å². The molecule has 0 saturated carbocycles. The van der Waals surface area contributed by atoms with E-state index in [4.69, 9.17) is 27.6 Å². The van der Waals surface area contributed by atoms with Gasteiger partial charge in [0.2, 0.25) is 6.41 Å². The van der Waals surface area contributed by atoms with Gasteiger partial charge in [-0.3, -0.25) is 19.5 Å². The zero-order chi connectivity index (χ0) is 28.7. The zero-order valence-electron chi connectivity index (χ0n) is 21.6. The van der Waals surface area contributed by atoms with E-state index >= 15 is 0 Å². The highest BCUT2D eigenvalue weighted by Gasteiger charge is 2.33. The number of halogens is 2.